The van der Waals surface area contributed by atoms with Gasteiger partial charge in [0.1, 0.15) is 34.2 Å². The average Bonchev–Trinajstić information content (AvgIpc) is 3.95. The second kappa shape index (κ2) is 12.3. The van der Waals surface area contributed by atoms with Crippen LogP contribution in [0.2, 0.25) is 0 Å². The molecule has 0 fully saturated rings. The first-order chi connectivity index (χ1) is 26.7. The van der Waals surface area contributed by atoms with Gasteiger partial charge >= 0.3 is 0 Å². The molecule has 8 aromatic carbocycles. The Labute approximate surface area is 312 Å². The number of nitrogens with zero attached hydrogens (tertiary/aromatic N) is 1. The van der Waals surface area contributed by atoms with Crippen LogP contribution in [0, 0.1) is 0 Å². The van der Waals surface area contributed by atoms with E-state index in [2.05, 4.69) is 163 Å². The van der Waals surface area contributed by atoms with Crippen molar-refractivity contribution < 1.29 is 13.6 Å². The molecule has 0 spiro atoms. The maximum absolute atomic E-state index is 6.66. The highest BCUT2D eigenvalue weighted by Crippen LogP contribution is 2.47. The Morgan fingerprint density at radius 1 is 0.426 bits per heavy atom. The molecule has 0 bridgehead atoms. The van der Waals surface area contributed by atoms with Gasteiger partial charge in [-0.25, -0.2) is 0 Å². The van der Waals surface area contributed by atoms with Gasteiger partial charge in [0.05, 0.1) is 0 Å². The van der Waals surface area contributed by atoms with E-state index in [1.165, 1.54) is 22.3 Å². The molecule has 0 unspecified atom stereocenters. The van der Waals surface area contributed by atoms with Crippen LogP contribution in [0.3, 0.4) is 0 Å². The number of anilines is 3. The van der Waals surface area contributed by atoms with E-state index in [4.69, 9.17) is 13.6 Å². The van der Waals surface area contributed by atoms with Gasteiger partial charge in [0.25, 0.3) is 0 Å². The van der Waals surface area contributed by atoms with Crippen LogP contribution in [0.4, 0.5) is 17.1 Å². The van der Waals surface area contributed by atoms with E-state index in [0.717, 1.165) is 84.2 Å². The van der Waals surface area contributed by atoms with Gasteiger partial charge < -0.3 is 18.5 Å². The smallest absolute Gasteiger partial charge is 0.137 e. The summed E-state index contributed by atoms with van der Waals surface area (Å²) in [6, 6.07) is 63.9. The zero-order chi connectivity index (χ0) is 35.6. The van der Waals surface area contributed by atoms with Crippen LogP contribution in [-0.4, -0.2) is 0 Å². The molecule has 256 valence electrons. The van der Waals surface area contributed by atoms with Crippen molar-refractivity contribution in [2.45, 2.75) is 12.5 Å². The fourth-order valence-corrected chi connectivity index (χ4v) is 8.29. The Hall–Kier alpha value is -7.04. The molecule has 10 aromatic rings. The summed E-state index contributed by atoms with van der Waals surface area (Å²) in [5, 5.41) is 4.41. The monoisotopic (exact) mass is 695 g/mol. The molecule has 1 aliphatic heterocycles. The largest absolute Gasteiger partial charge is 0.485 e. The second-order valence-corrected chi connectivity index (χ2v) is 14.0. The van der Waals surface area contributed by atoms with Crippen molar-refractivity contribution in [1.29, 1.82) is 0 Å². The van der Waals surface area contributed by atoms with E-state index in [0.29, 0.717) is 0 Å². The first kappa shape index (κ1) is 30.6. The predicted octanol–water partition coefficient (Wildman–Crippen LogP) is 14.0. The Morgan fingerprint density at radius 3 is 1.76 bits per heavy atom. The highest BCUT2D eigenvalue weighted by molar-refractivity contribution is 6.09. The molecule has 3 heterocycles. The summed E-state index contributed by atoms with van der Waals surface area (Å²) in [6.45, 7) is 0. The number of fused-ring (bicyclic) bond motifs is 8. The molecule has 0 amide bonds. The van der Waals surface area contributed by atoms with E-state index in [1.54, 1.807) is 0 Å². The van der Waals surface area contributed by atoms with Crippen LogP contribution < -0.4 is 9.64 Å². The molecular weight excluding hydrogens is 663 g/mol. The van der Waals surface area contributed by atoms with Gasteiger partial charge in [-0.2, -0.15) is 0 Å². The van der Waals surface area contributed by atoms with E-state index >= 15 is 0 Å². The van der Waals surface area contributed by atoms with Crippen LogP contribution in [0.25, 0.3) is 66.1 Å². The lowest BCUT2D eigenvalue weighted by Crippen LogP contribution is -2.10. The van der Waals surface area contributed by atoms with Gasteiger partial charge in [-0.15, -0.1) is 0 Å². The van der Waals surface area contributed by atoms with Crippen molar-refractivity contribution >= 4 is 60.9 Å². The van der Waals surface area contributed by atoms with E-state index in [1.807, 2.05) is 24.3 Å². The number of benzene rings is 8. The minimum Gasteiger partial charge on any atom is -0.485 e. The van der Waals surface area contributed by atoms with E-state index < -0.39 is 0 Å². The summed E-state index contributed by atoms with van der Waals surface area (Å²) in [4.78, 5) is 2.30. The molecule has 4 heteroatoms. The molecule has 54 heavy (non-hydrogen) atoms. The predicted molar refractivity (Wildman–Crippen MR) is 220 cm³/mol. The molecule has 0 saturated carbocycles. The lowest BCUT2D eigenvalue weighted by atomic mass is 9.93. The van der Waals surface area contributed by atoms with Crippen LogP contribution in [0.15, 0.2) is 191 Å². The first-order valence-corrected chi connectivity index (χ1v) is 18.4. The van der Waals surface area contributed by atoms with Gasteiger partial charge in [0, 0.05) is 62.7 Å². The zero-order valence-electron chi connectivity index (χ0n) is 29.3. The van der Waals surface area contributed by atoms with Crippen LogP contribution >= 0.6 is 0 Å². The number of ether oxygens (including phenoxy) is 1. The van der Waals surface area contributed by atoms with Gasteiger partial charge in [-0.3, -0.25) is 0 Å². The molecule has 2 aromatic heterocycles. The molecule has 11 rings (SSSR count). The number of rotatable bonds is 6. The SMILES string of the molecule is c1ccc(-c2ccc(N(c3ccc4c(c3)oc3ccccc34)c3ccc4c(c3)oc3ccc5c(c34)C[C@H](c3ccccc3)O5)cc2-c2ccccc2)cc1. The lowest BCUT2D eigenvalue weighted by molar-refractivity contribution is 0.238. The van der Waals surface area contributed by atoms with Crippen molar-refractivity contribution in [2.75, 3.05) is 4.90 Å². The first-order valence-electron chi connectivity index (χ1n) is 18.4. The maximum Gasteiger partial charge on any atom is 0.137 e. The fraction of sp³-hybridized carbons (Fsp3) is 0.0400. The van der Waals surface area contributed by atoms with Gasteiger partial charge in [0.15, 0.2) is 0 Å². The Morgan fingerprint density at radius 2 is 1.00 bits per heavy atom. The standard InChI is InChI=1S/C50H33NO3/c1-4-12-32(13-5-1)38-23-20-35(28-42(38)33-14-6-2-7-15-33)51(36-21-24-40-39-18-10-11-19-44(39)53-48(40)29-36)37-22-25-41-49(30-37)54-46-27-26-45-43(50(41)46)31-47(52-45)34-16-8-3-9-17-34/h1-30,47H,31H2/t47-/m1/s1. The van der Waals surface area contributed by atoms with Crippen LogP contribution in [-0.2, 0) is 6.42 Å². The third-order valence-electron chi connectivity index (χ3n) is 10.8. The van der Waals surface area contributed by atoms with Crippen molar-refractivity contribution in [1.82, 2.24) is 0 Å². The highest BCUT2D eigenvalue weighted by atomic mass is 16.5. The molecule has 0 saturated heterocycles. The highest BCUT2D eigenvalue weighted by Gasteiger charge is 2.28. The van der Waals surface area contributed by atoms with Gasteiger partial charge in [-0.05, 0) is 82.4 Å². The van der Waals surface area contributed by atoms with Crippen molar-refractivity contribution in [2.24, 2.45) is 0 Å². The molecule has 1 aliphatic rings. The normalized spacial score (nSPS) is 13.8. The number of hydrogen-bond donors (Lipinski definition) is 0. The number of furan rings is 2. The summed E-state index contributed by atoms with van der Waals surface area (Å²) in [5.74, 6) is 0.927. The Kier molecular flexibility index (Phi) is 6.96. The summed E-state index contributed by atoms with van der Waals surface area (Å²) >= 11 is 0. The van der Waals surface area contributed by atoms with Crippen molar-refractivity contribution in [3.8, 4) is 28.0 Å². The van der Waals surface area contributed by atoms with Gasteiger partial charge in [-0.1, -0.05) is 115 Å². The molecular formula is C50H33NO3. The summed E-state index contributed by atoms with van der Waals surface area (Å²) in [6.07, 6.45) is 0.782. The van der Waals surface area contributed by atoms with E-state index in [-0.39, 0.29) is 6.10 Å². The Bertz CT molecular complexity index is 3000. The Balaban J connectivity index is 1.09. The van der Waals surface area contributed by atoms with Gasteiger partial charge in [0.2, 0.25) is 0 Å². The molecule has 0 N–H and O–H groups in total. The topological polar surface area (TPSA) is 38.8 Å². The molecule has 1 atom stereocenters. The second-order valence-electron chi connectivity index (χ2n) is 14.0. The van der Waals surface area contributed by atoms with Crippen molar-refractivity contribution in [3.63, 3.8) is 0 Å². The summed E-state index contributed by atoms with van der Waals surface area (Å²) in [5.41, 5.74) is 13.5. The minimum atomic E-state index is -0.0163. The maximum atomic E-state index is 6.66. The third-order valence-corrected chi connectivity index (χ3v) is 10.8. The average molecular weight is 696 g/mol. The van der Waals surface area contributed by atoms with Crippen molar-refractivity contribution in [3.05, 3.63) is 193 Å². The lowest BCUT2D eigenvalue weighted by Gasteiger charge is -2.27. The number of hydrogen-bond acceptors (Lipinski definition) is 4. The minimum absolute atomic E-state index is 0.0163. The third kappa shape index (κ3) is 4.99. The fourth-order valence-electron chi connectivity index (χ4n) is 8.29. The summed E-state index contributed by atoms with van der Waals surface area (Å²) in [7, 11) is 0. The van der Waals surface area contributed by atoms with Crippen LogP contribution in [0.5, 0.6) is 5.75 Å². The summed E-state index contributed by atoms with van der Waals surface area (Å²) < 4.78 is 19.6. The number of para-hydroxylation sites is 1. The molecule has 0 radical (unpaired) electrons. The van der Waals surface area contributed by atoms with Crippen LogP contribution in [0.1, 0.15) is 17.2 Å². The van der Waals surface area contributed by atoms with E-state index in [9.17, 15) is 0 Å². The quantitative estimate of drug-likeness (QED) is 0.174. The molecule has 4 nitrogen and oxygen atoms in total. The zero-order valence-corrected chi connectivity index (χ0v) is 29.3. The molecule has 0 aliphatic carbocycles.